The van der Waals surface area contributed by atoms with E-state index in [4.69, 9.17) is 5.39 Å². The van der Waals surface area contributed by atoms with Crippen LogP contribution in [0.4, 0.5) is 5.69 Å². The van der Waals surface area contributed by atoms with Crippen molar-refractivity contribution in [2.45, 2.75) is 27.2 Å². The Kier molecular flexibility index (Phi) is 2.44. The van der Waals surface area contributed by atoms with Gasteiger partial charge in [0.1, 0.15) is 0 Å². The van der Waals surface area contributed by atoms with Gasteiger partial charge in [-0.15, -0.1) is 0 Å². The summed E-state index contributed by atoms with van der Waals surface area (Å²) in [6, 6.07) is 4.08. The minimum Gasteiger partial charge on any atom is -0.0610 e. The van der Waals surface area contributed by atoms with Gasteiger partial charge in [-0.1, -0.05) is 12.5 Å². The second kappa shape index (κ2) is 3.36. The van der Waals surface area contributed by atoms with E-state index in [9.17, 15) is 0 Å². The molecule has 0 N–H and O–H groups in total. The van der Waals surface area contributed by atoms with Gasteiger partial charge in [0, 0.05) is 11.1 Å². The molecule has 0 bridgehead atoms. The maximum Gasteiger partial charge on any atom is 0.391 e. The van der Waals surface area contributed by atoms with Crippen molar-refractivity contribution in [2.24, 2.45) is 0 Å². The molecule has 2 heteroatoms. The van der Waals surface area contributed by atoms with Crippen molar-refractivity contribution in [3.8, 4) is 0 Å². The minimum atomic E-state index is 0.725. The highest BCUT2D eigenvalue weighted by Crippen LogP contribution is 2.25. The molecule has 62 valence electrons. The van der Waals surface area contributed by atoms with Gasteiger partial charge in [0.15, 0.2) is 4.98 Å². The zero-order valence-electron chi connectivity index (χ0n) is 7.76. The maximum atomic E-state index is 8.75. The lowest BCUT2D eigenvalue weighted by atomic mass is 10.0. The Morgan fingerprint density at radius 2 is 2.00 bits per heavy atom. The summed E-state index contributed by atoms with van der Waals surface area (Å²) in [5.74, 6) is 0. The first-order valence-corrected chi connectivity index (χ1v) is 4.14. The second-order valence-electron chi connectivity index (χ2n) is 3.04. The quantitative estimate of drug-likeness (QED) is 0.580. The predicted molar refractivity (Wildman–Crippen MR) is 50.0 cm³/mol. The smallest absolute Gasteiger partial charge is 0.0610 e. The average molecular weight is 161 g/mol. The Bertz CT molecular complexity index is 334. The van der Waals surface area contributed by atoms with Gasteiger partial charge < -0.3 is 0 Å². The number of hydrogen-bond donors (Lipinski definition) is 0. The molecule has 0 aliphatic carbocycles. The monoisotopic (exact) mass is 161 g/mol. The molecule has 0 aromatic heterocycles. The number of aryl methyl sites for hydroxylation is 3. The fourth-order valence-electron chi connectivity index (χ4n) is 1.46. The molecule has 0 atom stereocenters. The van der Waals surface area contributed by atoms with Crippen LogP contribution in [-0.2, 0) is 6.42 Å². The van der Waals surface area contributed by atoms with E-state index < -0.39 is 0 Å². The van der Waals surface area contributed by atoms with E-state index >= 15 is 0 Å². The van der Waals surface area contributed by atoms with Crippen molar-refractivity contribution >= 4 is 5.69 Å². The number of hydrogen-bond acceptors (Lipinski definition) is 1. The van der Waals surface area contributed by atoms with Crippen LogP contribution in [0.3, 0.4) is 0 Å². The minimum absolute atomic E-state index is 0.725. The third-order valence-corrected chi connectivity index (χ3v) is 2.00. The van der Waals surface area contributed by atoms with E-state index in [2.05, 4.69) is 18.0 Å². The fraction of sp³-hybridized carbons (Fsp3) is 0.400. The SMILES string of the molecule is CCc1cc(C)cc(C)c1[N+]#N. The Balaban J connectivity index is 3.36. The van der Waals surface area contributed by atoms with Gasteiger partial charge in [0.2, 0.25) is 5.39 Å². The molecular formula is C10H13N2+. The van der Waals surface area contributed by atoms with Crippen molar-refractivity contribution in [1.29, 1.82) is 5.39 Å². The van der Waals surface area contributed by atoms with Crippen LogP contribution in [0.1, 0.15) is 23.6 Å². The zero-order chi connectivity index (χ0) is 9.14. The summed E-state index contributed by atoms with van der Waals surface area (Å²) in [6.45, 7) is 6.07. The lowest BCUT2D eigenvalue weighted by Gasteiger charge is -1.97. The van der Waals surface area contributed by atoms with E-state index in [0.717, 1.165) is 23.2 Å². The third kappa shape index (κ3) is 1.45. The fourth-order valence-corrected chi connectivity index (χ4v) is 1.46. The molecule has 0 saturated carbocycles. The first-order chi connectivity index (χ1) is 5.69. The normalized spacial score (nSPS) is 9.50. The molecule has 1 aromatic carbocycles. The van der Waals surface area contributed by atoms with Crippen molar-refractivity contribution in [2.75, 3.05) is 0 Å². The van der Waals surface area contributed by atoms with Gasteiger partial charge in [-0.05, 0) is 32.4 Å². The summed E-state index contributed by atoms with van der Waals surface area (Å²) < 4.78 is 0. The van der Waals surface area contributed by atoms with Gasteiger partial charge in [0.25, 0.3) is 0 Å². The van der Waals surface area contributed by atoms with Gasteiger partial charge >= 0.3 is 5.69 Å². The molecule has 12 heavy (non-hydrogen) atoms. The average Bonchev–Trinajstić information content (AvgIpc) is 2.03. The second-order valence-corrected chi connectivity index (χ2v) is 3.04. The van der Waals surface area contributed by atoms with Gasteiger partial charge in [-0.3, -0.25) is 0 Å². The molecule has 1 aromatic rings. The van der Waals surface area contributed by atoms with E-state index in [-0.39, 0.29) is 0 Å². The molecule has 1 rings (SSSR count). The van der Waals surface area contributed by atoms with Crippen LogP contribution in [0, 0.1) is 19.2 Å². The Labute approximate surface area is 72.9 Å². The highest BCUT2D eigenvalue weighted by atomic mass is 14.9. The zero-order valence-corrected chi connectivity index (χ0v) is 7.76. The van der Waals surface area contributed by atoms with Gasteiger partial charge in [0.05, 0.1) is 0 Å². The van der Waals surface area contributed by atoms with Crippen molar-refractivity contribution < 1.29 is 0 Å². The topological polar surface area (TPSA) is 28.1 Å². The highest BCUT2D eigenvalue weighted by Gasteiger charge is 2.15. The Morgan fingerprint density at radius 3 is 2.50 bits per heavy atom. The van der Waals surface area contributed by atoms with Crippen molar-refractivity contribution in [3.63, 3.8) is 0 Å². The number of diazo groups is 1. The lowest BCUT2D eigenvalue weighted by Crippen LogP contribution is -1.86. The van der Waals surface area contributed by atoms with Crippen LogP contribution < -0.4 is 0 Å². The summed E-state index contributed by atoms with van der Waals surface area (Å²) in [6.07, 6.45) is 0.905. The van der Waals surface area contributed by atoms with E-state index in [0.29, 0.717) is 0 Å². The third-order valence-electron chi connectivity index (χ3n) is 2.00. The number of benzene rings is 1. The molecular weight excluding hydrogens is 148 g/mol. The van der Waals surface area contributed by atoms with Crippen LogP contribution in [0.5, 0.6) is 0 Å². The Hall–Kier alpha value is -1.36. The van der Waals surface area contributed by atoms with E-state index in [1.54, 1.807) is 0 Å². The Morgan fingerprint density at radius 1 is 1.33 bits per heavy atom. The summed E-state index contributed by atoms with van der Waals surface area (Å²) in [7, 11) is 0. The summed E-state index contributed by atoms with van der Waals surface area (Å²) in [5.41, 5.74) is 4.09. The standard InChI is InChI=1S/C10H13N2/c1-4-9-6-7(2)5-8(3)10(9)12-11/h5-6H,4H2,1-3H3/q+1. The van der Waals surface area contributed by atoms with Crippen LogP contribution >= 0.6 is 0 Å². The molecule has 0 heterocycles. The molecule has 0 aliphatic rings. The largest absolute Gasteiger partial charge is 0.391 e. The summed E-state index contributed by atoms with van der Waals surface area (Å²) >= 11 is 0. The van der Waals surface area contributed by atoms with Crippen LogP contribution in [0.2, 0.25) is 0 Å². The molecule has 2 nitrogen and oxygen atoms in total. The van der Waals surface area contributed by atoms with E-state index in [1.807, 2.05) is 19.9 Å². The van der Waals surface area contributed by atoms with Crippen molar-refractivity contribution in [1.82, 2.24) is 0 Å². The molecule has 0 radical (unpaired) electrons. The molecule has 0 amide bonds. The molecule has 0 spiro atoms. The molecule has 0 aliphatic heterocycles. The van der Waals surface area contributed by atoms with Gasteiger partial charge in [-0.25, -0.2) is 0 Å². The van der Waals surface area contributed by atoms with Crippen LogP contribution in [-0.4, -0.2) is 0 Å². The summed E-state index contributed by atoms with van der Waals surface area (Å²) in [4.78, 5) is 3.28. The highest BCUT2D eigenvalue weighted by molar-refractivity contribution is 5.59. The maximum absolute atomic E-state index is 8.75. The molecule has 0 unspecified atom stereocenters. The first kappa shape index (κ1) is 8.73. The molecule has 0 saturated heterocycles. The van der Waals surface area contributed by atoms with Crippen LogP contribution in [0.15, 0.2) is 12.1 Å². The number of nitrogens with zero attached hydrogens (tertiary/aromatic N) is 2. The lowest BCUT2D eigenvalue weighted by molar-refractivity contribution is 1.13. The van der Waals surface area contributed by atoms with Crippen molar-refractivity contribution in [3.05, 3.63) is 33.8 Å². The van der Waals surface area contributed by atoms with Crippen LogP contribution in [0.25, 0.3) is 4.98 Å². The predicted octanol–water partition coefficient (Wildman–Crippen LogP) is 3.35. The number of rotatable bonds is 1. The van der Waals surface area contributed by atoms with Gasteiger partial charge in [-0.2, -0.15) is 0 Å². The first-order valence-electron chi connectivity index (χ1n) is 4.14. The molecule has 0 fully saturated rings. The summed E-state index contributed by atoms with van der Waals surface area (Å²) in [5, 5.41) is 8.75. The van der Waals surface area contributed by atoms with E-state index in [1.165, 1.54) is 5.56 Å².